The summed E-state index contributed by atoms with van der Waals surface area (Å²) in [6.07, 6.45) is -2.38. The summed E-state index contributed by atoms with van der Waals surface area (Å²) < 4.78 is 24.4. The number of nitro groups is 1. The Balaban J connectivity index is 3.42. The Morgan fingerprint density at radius 3 is 2.60 bits per heavy atom. The molecule has 1 aromatic rings. The lowest BCUT2D eigenvalue weighted by molar-refractivity contribution is -0.387. The number of hydrogen-bond acceptors (Lipinski definition) is 5. The topological polar surface area (TPSA) is 96.5 Å². The summed E-state index contributed by atoms with van der Waals surface area (Å²) in [7, 11) is 0. The number of aliphatic hydroxyl groups excluding tert-OH is 1. The Morgan fingerprint density at radius 2 is 2.20 bits per heavy atom. The van der Waals surface area contributed by atoms with Gasteiger partial charge in [0.05, 0.1) is 17.1 Å². The van der Waals surface area contributed by atoms with Crippen LogP contribution in [0, 0.1) is 10.1 Å². The molecule has 0 aliphatic carbocycles. The van der Waals surface area contributed by atoms with Crippen LogP contribution in [0.1, 0.15) is 17.7 Å². The first-order valence-corrected chi connectivity index (χ1v) is 3.73. The number of nitrogens with zero attached hydrogens (tertiary/aromatic N) is 2. The smallest absolute Gasteiger partial charge is 0.319 e. The van der Waals surface area contributed by atoms with Gasteiger partial charge >= 0.3 is 5.69 Å². The molecule has 2 N–H and O–H groups in total. The summed E-state index contributed by atoms with van der Waals surface area (Å²) in [6, 6.07) is 0. The Labute approximate surface area is 82.0 Å². The molecular formula is C7H6F2N2O4. The monoisotopic (exact) mass is 220 g/mol. The minimum Gasteiger partial charge on any atom is -0.501 e. The predicted octanol–water partition coefficient (Wildman–Crippen LogP) is 1.13. The van der Waals surface area contributed by atoms with Gasteiger partial charge in [0, 0.05) is 6.20 Å². The van der Waals surface area contributed by atoms with Crippen LogP contribution in [0.2, 0.25) is 0 Å². The van der Waals surface area contributed by atoms with Gasteiger partial charge in [0.2, 0.25) is 5.75 Å². The third-order valence-corrected chi connectivity index (χ3v) is 1.69. The molecule has 6 nitrogen and oxygen atoms in total. The molecule has 0 unspecified atom stereocenters. The first-order valence-electron chi connectivity index (χ1n) is 3.73. The summed E-state index contributed by atoms with van der Waals surface area (Å²) in [5, 5.41) is 28.3. The van der Waals surface area contributed by atoms with Crippen molar-refractivity contribution in [2.24, 2.45) is 0 Å². The molecule has 0 aliphatic heterocycles. The standard InChI is InChI=1S/C7H6F2N2O4/c8-7(9)4-6(13)5(11(14)15)3(2-12)1-10-4/h1,7,12-13H,2H2. The van der Waals surface area contributed by atoms with E-state index in [1.807, 2.05) is 0 Å². The van der Waals surface area contributed by atoms with Crippen molar-refractivity contribution < 1.29 is 23.9 Å². The zero-order valence-corrected chi connectivity index (χ0v) is 7.22. The molecule has 1 rings (SSSR count). The molecule has 0 aromatic carbocycles. The van der Waals surface area contributed by atoms with Crippen molar-refractivity contribution in [3.8, 4) is 5.75 Å². The number of hydrogen-bond donors (Lipinski definition) is 2. The largest absolute Gasteiger partial charge is 0.501 e. The Hall–Kier alpha value is -1.83. The lowest BCUT2D eigenvalue weighted by atomic mass is 10.2. The Bertz CT molecular complexity index is 397. The summed E-state index contributed by atoms with van der Waals surface area (Å²) in [4.78, 5) is 12.5. The third-order valence-electron chi connectivity index (χ3n) is 1.69. The summed E-state index contributed by atoms with van der Waals surface area (Å²) in [5.41, 5.74) is -2.33. The van der Waals surface area contributed by atoms with Crippen molar-refractivity contribution in [1.82, 2.24) is 4.98 Å². The lowest BCUT2D eigenvalue weighted by Gasteiger charge is -2.05. The highest BCUT2D eigenvalue weighted by atomic mass is 19.3. The molecule has 0 atom stereocenters. The second-order valence-corrected chi connectivity index (χ2v) is 2.58. The van der Waals surface area contributed by atoms with Crippen molar-refractivity contribution in [2.45, 2.75) is 13.0 Å². The predicted molar refractivity (Wildman–Crippen MR) is 43.4 cm³/mol. The van der Waals surface area contributed by atoms with Crippen LogP contribution in [0.25, 0.3) is 0 Å². The van der Waals surface area contributed by atoms with Crippen LogP contribution in [0.3, 0.4) is 0 Å². The number of pyridine rings is 1. The molecule has 1 aromatic heterocycles. The maximum atomic E-state index is 12.2. The molecule has 1 heterocycles. The summed E-state index contributed by atoms with van der Waals surface area (Å²) in [6.45, 7) is -0.764. The second-order valence-electron chi connectivity index (χ2n) is 2.58. The number of aromatic hydroxyl groups is 1. The van der Waals surface area contributed by atoms with Crippen LogP contribution in [0.5, 0.6) is 5.75 Å². The normalized spacial score (nSPS) is 10.7. The molecular weight excluding hydrogens is 214 g/mol. The molecule has 0 aliphatic rings. The van der Waals surface area contributed by atoms with Crippen molar-refractivity contribution >= 4 is 5.69 Å². The molecule has 0 radical (unpaired) electrons. The number of rotatable bonds is 3. The van der Waals surface area contributed by atoms with Crippen molar-refractivity contribution in [3.63, 3.8) is 0 Å². The maximum Gasteiger partial charge on any atom is 0.319 e. The van der Waals surface area contributed by atoms with Gasteiger partial charge in [-0.3, -0.25) is 15.1 Å². The van der Waals surface area contributed by atoms with Gasteiger partial charge < -0.3 is 10.2 Å². The lowest BCUT2D eigenvalue weighted by Crippen LogP contribution is -2.01. The zero-order chi connectivity index (χ0) is 11.6. The zero-order valence-electron chi connectivity index (χ0n) is 7.22. The summed E-state index contributed by atoms with van der Waals surface area (Å²) in [5.74, 6) is -1.21. The average Bonchev–Trinajstić information content (AvgIpc) is 2.15. The number of aliphatic hydroxyl groups is 1. The minimum absolute atomic E-state index is 0.318. The fourth-order valence-electron chi connectivity index (χ4n) is 1.02. The van der Waals surface area contributed by atoms with Gasteiger partial charge in [0.25, 0.3) is 6.43 Å². The van der Waals surface area contributed by atoms with Crippen LogP contribution in [0.15, 0.2) is 6.20 Å². The van der Waals surface area contributed by atoms with Gasteiger partial charge in [-0.05, 0) is 0 Å². The van der Waals surface area contributed by atoms with Gasteiger partial charge in [-0.2, -0.15) is 0 Å². The van der Waals surface area contributed by atoms with Gasteiger partial charge in [-0.1, -0.05) is 0 Å². The maximum absolute atomic E-state index is 12.2. The number of alkyl halides is 2. The van der Waals surface area contributed by atoms with E-state index in [0.717, 1.165) is 6.20 Å². The fraction of sp³-hybridized carbons (Fsp3) is 0.286. The van der Waals surface area contributed by atoms with Crippen LogP contribution in [-0.2, 0) is 6.61 Å². The van der Waals surface area contributed by atoms with Gasteiger partial charge in [0.1, 0.15) is 0 Å². The molecule has 82 valence electrons. The van der Waals surface area contributed by atoms with E-state index in [4.69, 9.17) is 10.2 Å². The van der Waals surface area contributed by atoms with E-state index in [9.17, 15) is 18.9 Å². The third kappa shape index (κ3) is 1.99. The molecule has 0 spiro atoms. The molecule has 0 amide bonds. The highest BCUT2D eigenvalue weighted by Crippen LogP contribution is 2.36. The van der Waals surface area contributed by atoms with E-state index in [0.29, 0.717) is 0 Å². The Morgan fingerprint density at radius 1 is 1.60 bits per heavy atom. The first-order chi connectivity index (χ1) is 6.99. The van der Waals surface area contributed by atoms with Gasteiger partial charge in [-0.25, -0.2) is 8.78 Å². The number of aromatic nitrogens is 1. The molecule has 0 saturated carbocycles. The first kappa shape index (κ1) is 11.2. The van der Waals surface area contributed by atoms with Crippen LogP contribution in [0.4, 0.5) is 14.5 Å². The van der Waals surface area contributed by atoms with Gasteiger partial charge in [0.15, 0.2) is 5.69 Å². The second kappa shape index (κ2) is 4.13. The van der Waals surface area contributed by atoms with E-state index in [1.165, 1.54) is 0 Å². The average molecular weight is 220 g/mol. The van der Waals surface area contributed by atoms with Crippen LogP contribution in [-0.4, -0.2) is 20.1 Å². The van der Waals surface area contributed by atoms with Crippen molar-refractivity contribution in [3.05, 3.63) is 27.6 Å². The van der Waals surface area contributed by atoms with E-state index >= 15 is 0 Å². The highest BCUT2D eigenvalue weighted by molar-refractivity contribution is 5.53. The van der Waals surface area contributed by atoms with Crippen molar-refractivity contribution in [2.75, 3.05) is 0 Å². The van der Waals surface area contributed by atoms with E-state index < -0.39 is 35.1 Å². The minimum atomic E-state index is -3.11. The Kier molecular flexibility index (Phi) is 3.10. The fourth-order valence-corrected chi connectivity index (χ4v) is 1.02. The number of halogens is 2. The van der Waals surface area contributed by atoms with E-state index in [-0.39, 0.29) is 5.56 Å². The van der Waals surface area contributed by atoms with Crippen LogP contribution >= 0.6 is 0 Å². The van der Waals surface area contributed by atoms with Crippen LogP contribution < -0.4 is 0 Å². The SMILES string of the molecule is O=[N+]([O-])c1c(CO)cnc(C(F)F)c1O. The molecule has 15 heavy (non-hydrogen) atoms. The van der Waals surface area contributed by atoms with E-state index in [2.05, 4.69) is 4.98 Å². The molecule has 0 fully saturated rings. The molecule has 0 saturated heterocycles. The van der Waals surface area contributed by atoms with Gasteiger partial charge in [-0.15, -0.1) is 0 Å². The van der Waals surface area contributed by atoms with E-state index in [1.54, 1.807) is 0 Å². The molecule has 0 bridgehead atoms. The highest BCUT2D eigenvalue weighted by Gasteiger charge is 2.27. The quantitative estimate of drug-likeness (QED) is 0.587. The molecule has 8 heteroatoms. The summed E-state index contributed by atoms with van der Waals surface area (Å²) >= 11 is 0. The van der Waals surface area contributed by atoms with Crippen molar-refractivity contribution in [1.29, 1.82) is 0 Å².